The molecule has 2 N–H and O–H groups in total. The molecule has 1 fully saturated rings. The predicted octanol–water partition coefficient (Wildman–Crippen LogP) is 3.35. The zero-order valence-electron chi connectivity index (χ0n) is 14.9. The van der Waals surface area contributed by atoms with Crippen LogP contribution < -0.4 is 10.6 Å². The maximum Gasteiger partial charge on any atom is 0.253 e. The minimum atomic E-state index is -0.263. The molecule has 1 amide bonds. The number of nitrogens with zero attached hydrogens (tertiary/aromatic N) is 1. The highest BCUT2D eigenvalue weighted by Gasteiger charge is 2.17. The number of piperidine rings is 1. The molecule has 134 valence electrons. The van der Waals surface area contributed by atoms with E-state index in [0.29, 0.717) is 18.0 Å². The van der Waals surface area contributed by atoms with Crippen LogP contribution in [0.4, 0.5) is 4.39 Å². The number of rotatable bonds is 5. The molecule has 1 atom stereocenters. The molecule has 2 heterocycles. The number of halogens is 1. The second-order valence-corrected chi connectivity index (χ2v) is 6.85. The normalized spacial score (nSPS) is 17.5. The van der Waals surface area contributed by atoms with Gasteiger partial charge in [0.1, 0.15) is 5.82 Å². The van der Waals surface area contributed by atoms with Gasteiger partial charge in [-0.2, -0.15) is 0 Å². The number of aromatic nitrogens is 1. The molecule has 0 spiro atoms. The topological polar surface area (TPSA) is 46.1 Å². The first-order valence-electron chi connectivity index (χ1n) is 9.00. The van der Waals surface area contributed by atoms with Crippen molar-refractivity contribution in [2.75, 3.05) is 19.6 Å². The summed E-state index contributed by atoms with van der Waals surface area (Å²) in [6.45, 7) is 6.75. The van der Waals surface area contributed by atoms with Crippen molar-refractivity contribution in [1.29, 1.82) is 0 Å². The Morgan fingerprint density at radius 3 is 2.76 bits per heavy atom. The SMILES string of the molecule is Cc1cc(C(=O)NCCC2CCCNC2)c(C)n1-c1ccc(F)cc1. The van der Waals surface area contributed by atoms with Crippen molar-refractivity contribution in [3.8, 4) is 5.69 Å². The van der Waals surface area contributed by atoms with E-state index in [1.54, 1.807) is 12.1 Å². The molecule has 0 aliphatic carbocycles. The lowest BCUT2D eigenvalue weighted by Crippen LogP contribution is -2.33. The summed E-state index contributed by atoms with van der Waals surface area (Å²) in [6.07, 6.45) is 3.47. The van der Waals surface area contributed by atoms with Gasteiger partial charge in [0.15, 0.2) is 0 Å². The second kappa shape index (κ2) is 7.83. The lowest BCUT2D eigenvalue weighted by atomic mass is 9.96. The third kappa shape index (κ3) is 4.10. The van der Waals surface area contributed by atoms with E-state index in [4.69, 9.17) is 0 Å². The van der Waals surface area contributed by atoms with Gasteiger partial charge in [-0.15, -0.1) is 0 Å². The monoisotopic (exact) mass is 343 g/mol. The highest BCUT2D eigenvalue weighted by atomic mass is 19.1. The largest absolute Gasteiger partial charge is 0.352 e. The molecule has 4 nitrogen and oxygen atoms in total. The number of nitrogens with one attached hydrogen (secondary N) is 2. The van der Waals surface area contributed by atoms with Gasteiger partial charge in [-0.05, 0) is 82.4 Å². The quantitative estimate of drug-likeness (QED) is 0.874. The lowest BCUT2D eigenvalue weighted by Gasteiger charge is -2.22. The first kappa shape index (κ1) is 17.7. The molecule has 0 saturated carbocycles. The third-order valence-corrected chi connectivity index (χ3v) is 5.00. The number of carbonyl (C=O) groups is 1. The van der Waals surface area contributed by atoms with Crippen molar-refractivity contribution in [3.05, 3.63) is 53.1 Å². The first-order chi connectivity index (χ1) is 12.1. The minimum Gasteiger partial charge on any atom is -0.352 e. The number of hydrogen-bond acceptors (Lipinski definition) is 2. The van der Waals surface area contributed by atoms with Crippen molar-refractivity contribution in [2.45, 2.75) is 33.1 Å². The summed E-state index contributed by atoms with van der Waals surface area (Å²) < 4.78 is 15.1. The van der Waals surface area contributed by atoms with Crippen molar-refractivity contribution < 1.29 is 9.18 Å². The summed E-state index contributed by atoms with van der Waals surface area (Å²) in [6, 6.07) is 8.23. The minimum absolute atomic E-state index is 0.0368. The van der Waals surface area contributed by atoms with E-state index in [2.05, 4.69) is 10.6 Å². The second-order valence-electron chi connectivity index (χ2n) is 6.85. The fourth-order valence-electron chi connectivity index (χ4n) is 3.64. The van der Waals surface area contributed by atoms with Gasteiger partial charge < -0.3 is 15.2 Å². The Balaban J connectivity index is 1.66. The molecule has 1 aromatic carbocycles. The van der Waals surface area contributed by atoms with Gasteiger partial charge in [0, 0.05) is 23.6 Å². The molecule has 3 rings (SSSR count). The first-order valence-corrected chi connectivity index (χ1v) is 9.00. The molecule has 1 saturated heterocycles. The fourth-order valence-corrected chi connectivity index (χ4v) is 3.64. The van der Waals surface area contributed by atoms with E-state index in [1.807, 2.05) is 24.5 Å². The Bertz CT molecular complexity index is 730. The number of amides is 1. The number of benzene rings is 1. The summed E-state index contributed by atoms with van der Waals surface area (Å²) in [5.74, 6) is 0.354. The maximum absolute atomic E-state index is 13.2. The summed E-state index contributed by atoms with van der Waals surface area (Å²) >= 11 is 0. The number of hydrogen-bond donors (Lipinski definition) is 2. The number of aryl methyl sites for hydroxylation is 1. The Hall–Kier alpha value is -2.14. The molecule has 1 unspecified atom stereocenters. The molecular formula is C20H26FN3O. The van der Waals surface area contributed by atoms with Crippen LogP contribution in [0.2, 0.25) is 0 Å². The zero-order valence-corrected chi connectivity index (χ0v) is 14.9. The molecule has 1 aliphatic rings. The van der Waals surface area contributed by atoms with E-state index in [1.165, 1.54) is 25.0 Å². The van der Waals surface area contributed by atoms with Crippen LogP contribution in [0.5, 0.6) is 0 Å². The predicted molar refractivity (Wildman–Crippen MR) is 97.7 cm³/mol. The fraction of sp³-hybridized carbons (Fsp3) is 0.450. The molecule has 2 aromatic rings. The van der Waals surface area contributed by atoms with Crippen molar-refractivity contribution in [3.63, 3.8) is 0 Å². The van der Waals surface area contributed by atoms with Gasteiger partial charge in [0.05, 0.1) is 5.56 Å². The van der Waals surface area contributed by atoms with Gasteiger partial charge in [-0.1, -0.05) is 0 Å². The van der Waals surface area contributed by atoms with Crippen LogP contribution in [-0.2, 0) is 0 Å². The standard InChI is InChI=1S/C20H26FN3O/c1-14-12-19(15(2)24(14)18-7-5-17(21)6-8-18)20(25)23-11-9-16-4-3-10-22-13-16/h5-8,12,16,22H,3-4,9-11,13H2,1-2H3,(H,23,25). The van der Waals surface area contributed by atoms with E-state index in [0.717, 1.165) is 36.6 Å². The highest BCUT2D eigenvalue weighted by Crippen LogP contribution is 2.21. The average Bonchev–Trinajstić information content (AvgIpc) is 2.91. The van der Waals surface area contributed by atoms with E-state index < -0.39 is 0 Å². The van der Waals surface area contributed by atoms with Crippen LogP contribution in [0.25, 0.3) is 5.69 Å². The van der Waals surface area contributed by atoms with E-state index in [-0.39, 0.29) is 11.7 Å². The van der Waals surface area contributed by atoms with Crippen molar-refractivity contribution >= 4 is 5.91 Å². The molecule has 5 heteroatoms. The lowest BCUT2D eigenvalue weighted by molar-refractivity contribution is 0.0950. The molecular weight excluding hydrogens is 317 g/mol. The van der Waals surface area contributed by atoms with Crippen LogP contribution in [0.15, 0.2) is 30.3 Å². The summed E-state index contributed by atoms with van der Waals surface area (Å²) in [5.41, 5.74) is 3.39. The summed E-state index contributed by atoms with van der Waals surface area (Å²) in [7, 11) is 0. The van der Waals surface area contributed by atoms with Gasteiger partial charge >= 0.3 is 0 Å². The number of carbonyl (C=O) groups excluding carboxylic acids is 1. The maximum atomic E-state index is 13.2. The Kier molecular flexibility index (Phi) is 5.53. The van der Waals surface area contributed by atoms with Gasteiger partial charge in [-0.25, -0.2) is 4.39 Å². The highest BCUT2D eigenvalue weighted by molar-refractivity contribution is 5.95. The molecule has 25 heavy (non-hydrogen) atoms. The molecule has 1 aliphatic heterocycles. The molecule has 1 aromatic heterocycles. The zero-order chi connectivity index (χ0) is 17.8. The van der Waals surface area contributed by atoms with Gasteiger partial charge in [0.25, 0.3) is 5.91 Å². The average molecular weight is 343 g/mol. The third-order valence-electron chi connectivity index (χ3n) is 5.00. The van der Waals surface area contributed by atoms with Crippen LogP contribution >= 0.6 is 0 Å². The molecule has 0 radical (unpaired) electrons. The van der Waals surface area contributed by atoms with Crippen LogP contribution in [-0.4, -0.2) is 30.1 Å². The van der Waals surface area contributed by atoms with Crippen molar-refractivity contribution in [1.82, 2.24) is 15.2 Å². The molecule has 0 bridgehead atoms. The van der Waals surface area contributed by atoms with Crippen molar-refractivity contribution in [2.24, 2.45) is 5.92 Å². The summed E-state index contributed by atoms with van der Waals surface area (Å²) in [5, 5.41) is 6.45. The Labute approximate surface area is 148 Å². The Morgan fingerprint density at radius 1 is 1.32 bits per heavy atom. The van der Waals surface area contributed by atoms with Crippen LogP contribution in [0.3, 0.4) is 0 Å². The van der Waals surface area contributed by atoms with Crippen LogP contribution in [0.1, 0.15) is 41.0 Å². The van der Waals surface area contributed by atoms with Gasteiger partial charge in [-0.3, -0.25) is 4.79 Å². The van der Waals surface area contributed by atoms with Crippen LogP contribution in [0, 0.1) is 25.6 Å². The van der Waals surface area contributed by atoms with E-state index >= 15 is 0 Å². The van der Waals surface area contributed by atoms with E-state index in [9.17, 15) is 9.18 Å². The smallest absolute Gasteiger partial charge is 0.253 e. The Morgan fingerprint density at radius 2 is 2.08 bits per heavy atom. The summed E-state index contributed by atoms with van der Waals surface area (Å²) in [4.78, 5) is 12.6. The van der Waals surface area contributed by atoms with Gasteiger partial charge in [0.2, 0.25) is 0 Å².